The Morgan fingerprint density at radius 3 is 2.59 bits per heavy atom. The zero-order chi connectivity index (χ0) is 32.9. The molecule has 1 aromatic carbocycles. The third-order valence-corrected chi connectivity index (χ3v) is 9.46. The van der Waals surface area contributed by atoms with Crippen LogP contribution >= 0.6 is 15.9 Å². The predicted octanol–water partition coefficient (Wildman–Crippen LogP) is 5.68. The second-order valence-corrected chi connectivity index (χ2v) is 12.9. The minimum atomic E-state index is -4.65. The lowest BCUT2D eigenvalue weighted by Crippen LogP contribution is -2.46. The SMILES string of the molecule is CC(Nc1nc2c(c(=O)n1-c1ccc(N3CCOC(C(F)F)C3)nc1)CC(C)N(C(=O)c1ccc(Br)c(C(F)(F)F)c1)C2)C1CC1. The normalized spacial score (nSPS) is 20.9. The van der Waals surface area contributed by atoms with Crippen LogP contribution < -0.4 is 15.8 Å². The number of hydrogen-bond donors (Lipinski definition) is 1. The first-order valence-corrected chi connectivity index (χ1v) is 15.8. The van der Waals surface area contributed by atoms with E-state index in [-0.39, 0.29) is 53.7 Å². The van der Waals surface area contributed by atoms with Gasteiger partial charge in [0.15, 0.2) is 0 Å². The quantitative estimate of drug-likeness (QED) is 0.316. The maximum atomic E-state index is 14.1. The molecule has 0 radical (unpaired) electrons. The van der Waals surface area contributed by atoms with E-state index >= 15 is 0 Å². The average Bonchev–Trinajstić information content (AvgIpc) is 3.87. The summed E-state index contributed by atoms with van der Waals surface area (Å²) in [5, 5.41) is 3.36. The molecule has 3 aliphatic rings. The van der Waals surface area contributed by atoms with E-state index < -0.39 is 36.2 Å². The number of carbonyl (C=O) groups excluding carboxylic acids is 1. The van der Waals surface area contributed by atoms with Crippen molar-refractivity contribution in [2.24, 2.45) is 5.92 Å². The van der Waals surface area contributed by atoms with Crippen LogP contribution in [0.25, 0.3) is 5.69 Å². The second kappa shape index (κ2) is 12.5. The van der Waals surface area contributed by atoms with E-state index in [1.165, 1.54) is 27.8 Å². The molecule has 246 valence electrons. The number of amides is 1. The molecule has 1 amide bonds. The molecule has 3 atom stereocenters. The van der Waals surface area contributed by atoms with Crippen molar-refractivity contribution in [3.63, 3.8) is 0 Å². The first kappa shape index (κ1) is 32.4. The molecule has 6 rings (SSSR count). The van der Waals surface area contributed by atoms with Gasteiger partial charge in [-0.05, 0) is 69.4 Å². The topological polar surface area (TPSA) is 92.6 Å². The maximum Gasteiger partial charge on any atom is 0.417 e. The van der Waals surface area contributed by atoms with E-state index in [1.807, 2.05) is 6.92 Å². The summed E-state index contributed by atoms with van der Waals surface area (Å²) in [6.07, 6.45) is -4.78. The molecule has 1 aliphatic carbocycles. The molecular weight excluding hydrogens is 679 g/mol. The van der Waals surface area contributed by atoms with Gasteiger partial charge in [-0.1, -0.05) is 15.9 Å². The fraction of sp³-hybridized carbons (Fsp3) is 0.484. The molecular formula is C31H32BrF5N6O3. The van der Waals surface area contributed by atoms with Crippen LogP contribution in [0.4, 0.5) is 33.7 Å². The zero-order valence-corrected chi connectivity index (χ0v) is 26.6. The largest absolute Gasteiger partial charge is 0.417 e. The Balaban J connectivity index is 1.33. The van der Waals surface area contributed by atoms with Crippen LogP contribution in [-0.4, -0.2) is 69.7 Å². The van der Waals surface area contributed by atoms with Gasteiger partial charge in [-0.25, -0.2) is 23.3 Å². The van der Waals surface area contributed by atoms with Crippen LogP contribution in [0.15, 0.2) is 45.8 Å². The lowest BCUT2D eigenvalue weighted by atomic mass is 9.98. The number of alkyl halides is 5. The summed E-state index contributed by atoms with van der Waals surface area (Å²) >= 11 is 2.91. The first-order chi connectivity index (χ1) is 21.8. The van der Waals surface area contributed by atoms with Gasteiger partial charge < -0.3 is 19.9 Å². The number of carbonyl (C=O) groups is 1. The smallest absolute Gasteiger partial charge is 0.369 e. The van der Waals surface area contributed by atoms with Gasteiger partial charge in [-0.2, -0.15) is 13.2 Å². The number of rotatable bonds is 7. The van der Waals surface area contributed by atoms with E-state index in [4.69, 9.17) is 9.72 Å². The van der Waals surface area contributed by atoms with Crippen molar-refractivity contribution < 1.29 is 31.5 Å². The molecule has 15 heteroatoms. The predicted molar refractivity (Wildman–Crippen MR) is 164 cm³/mol. The molecule has 2 aliphatic heterocycles. The number of halogens is 6. The van der Waals surface area contributed by atoms with Crippen molar-refractivity contribution in [2.75, 3.05) is 29.9 Å². The zero-order valence-electron chi connectivity index (χ0n) is 25.0. The lowest BCUT2D eigenvalue weighted by Gasteiger charge is -2.35. The molecule has 2 fully saturated rings. The highest BCUT2D eigenvalue weighted by atomic mass is 79.9. The van der Waals surface area contributed by atoms with E-state index in [0.717, 1.165) is 18.9 Å². The van der Waals surface area contributed by atoms with Crippen molar-refractivity contribution in [1.29, 1.82) is 0 Å². The number of nitrogens with one attached hydrogen (secondary N) is 1. The van der Waals surface area contributed by atoms with E-state index in [9.17, 15) is 31.5 Å². The Morgan fingerprint density at radius 1 is 1.17 bits per heavy atom. The summed E-state index contributed by atoms with van der Waals surface area (Å²) in [5.41, 5.74) is -0.240. The molecule has 3 aromatic rings. The second-order valence-electron chi connectivity index (χ2n) is 12.0. The molecule has 0 bridgehead atoms. The van der Waals surface area contributed by atoms with Gasteiger partial charge in [-0.3, -0.25) is 9.59 Å². The van der Waals surface area contributed by atoms with E-state index in [1.54, 1.807) is 24.0 Å². The van der Waals surface area contributed by atoms with Gasteiger partial charge in [0.2, 0.25) is 5.95 Å². The van der Waals surface area contributed by atoms with Crippen LogP contribution in [-0.2, 0) is 23.9 Å². The third-order valence-electron chi connectivity index (χ3n) is 8.77. The van der Waals surface area contributed by atoms with Crippen LogP contribution in [0.2, 0.25) is 0 Å². The third kappa shape index (κ3) is 6.48. The number of fused-ring (bicyclic) bond motifs is 1. The molecule has 1 saturated carbocycles. The van der Waals surface area contributed by atoms with Crippen LogP contribution in [0.3, 0.4) is 0 Å². The molecule has 46 heavy (non-hydrogen) atoms. The van der Waals surface area contributed by atoms with Crippen molar-refractivity contribution in [1.82, 2.24) is 19.4 Å². The fourth-order valence-electron chi connectivity index (χ4n) is 5.96. The van der Waals surface area contributed by atoms with Gasteiger partial charge in [0.05, 0.1) is 42.8 Å². The van der Waals surface area contributed by atoms with Crippen LogP contribution in [0.1, 0.15) is 53.9 Å². The van der Waals surface area contributed by atoms with Crippen molar-refractivity contribution in [3.8, 4) is 5.69 Å². The summed E-state index contributed by atoms with van der Waals surface area (Å²) in [6, 6.07) is 6.20. The Kier molecular flexibility index (Phi) is 8.83. The Labute approximate surface area is 269 Å². The molecule has 3 unspecified atom stereocenters. The van der Waals surface area contributed by atoms with Gasteiger partial charge in [-0.15, -0.1) is 0 Å². The van der Waals surface area contributed by atoms with Gasteiger partial charge in [0.25, 0.3) is 17.9 Å². The summed E-state index contributed by atoms with van der Waals surface area (Å²) in [4.78, 5) is 40.1. The number of nitrogens with zero attached hydrogens (tertiary/aromatic N) is 5. The molecule has 1 saturated heterocycles. The Hall–Kier alpha value is -3.59. The standard InChI is InChI=1S/C31H32BrF5N6O3/c1-16-11-21-24(14-42(16)28(44)19-5-7-23(32)22(12-19)31(35,36)37)40-30(39-17(2)18-3-4-18)43(29(21)45)20-6-8-26(38-13-20)41-9-10-46-25(15-41)27(33)34/h5-8,12-13,16-18,25,27H,3-4,9-11,14-15H2,1-2H3,(H,39,40). The number of morpholine rings is 1. The van der Waals surface area contributed by atoms with Crippen molar-refractivity contribution in [2.45, 2.75) is 70.4 Å². The van der Waals surface area contributed by atoms with E-state index in [2.05, 4.69) is 26.2 Å². The van der Waals surface area contributed by atoms with Crippen molar-refractivity contribution in [3.05, 3.63) is 73.7 Å². The van der Waals surface area contributed by atoms with Gasteiger partial charge in [0, 0.05) is 34.2 Å². The highest BCUT2D eigenvalue weighted by Crippen LogP contribution is 2.37. The first-order valence-electron chi connectivity index (χ1n) is 15.0. The summed E-state index contributed by atoms with van der Waals surface area (Å²) in [5.74, 6) is 0.540. The number of aromatic nitrogens is 3. The summed E-state index contributed by atoms with van der Waals surface area (Å²) in [6.45, 7) is 4.20. The number of pyridine rings is 1. The Bertz CT molecular complexity index is 1680. The van der Waals surface area contributed by atoms with E-state index in [0.29, 0.717) is 35.2 Å². The van der Waals surface area contributed by atoms with Crippen LogP contribution in [0, 0.1) is 5.92 Å². The maximum absolute atomic E-state index is 14.1. The summed E-state index contributed by atoms with van der Waals surface area (Å²) in [7, 11) is 0. The monoisotopic (exact) mass is 710 g/mol. The molecule has 9 nitrogen and oxygen atoms in total. The highest BCUT2D eigenvalue weighted by Gasteiger charge is 2.37. The average molecular weight is 712 g/mol. The van der Waals surface area contributed by atoms with Gasteiger partial charge in [0.1, 0.15) is 11.9 Å². The highest BCUT2D eigenvalue weighted by molar-refractivity contribution is 9.10. The summed E-state index contributed by atoms with van der Waals surface area (Å²) < 4.78 is 73.6. The number of anilines is 2. The molecule has 0 spiro atoms. The number of ether oxygens (including phenoxy) is 1. The lowest BCUT2D eigenvalue weighted by molar-refractivity contribution is -0.138. The van der Waals surface area contributed by atoms with Gasteiger partial charge >= 0.3 is 6.18 Å². The minimum absolute atomic E-state index is 0.00753. The fourth-order valence-corrected chi connectivity index (χ4v) is 6.43. The minimum Gasteiger partial charge on any atom is -0.369 e. The Morgan fingerprint density at radius 2 is 1.93 bits per heavy atom. The number of benzene rings is 1. The molecule has 2 aromatic heterocycles. The van der Waals surface area contributed by atoms with Crippen molar-refractivity contribution >= 4 is 33.6 Å². The molecule has 4 heterocycles. The molecule has 1 N–H and O–H groups in total. The number of hydrogen-bond acceptors (Lipinski definition) is 7. The van der Waals surface area contributed by atoms with Crippen LogP contribution in [0.5, 0.6) is 0 Å².